The number of rotatable bonds is 3. The van der Waals surface area contributed by atoms with Crippen molar-refractivity contribution in [2.75, 3.05) is 7.05 Å². The third-order valence-corrected chi connectivity index (χ3v) is 4.02. The number of hydrogen-bond acceptors (Lipinski definition) is 1. The molecule has 0 aliphatic heterocycles. The fourth-order valence-corrected chi connectivity index (χ4v) is 2.61. The monoisotopic (exact) mass is 306 g/mol. The summed E-state index contributed by atoms with van der Waals surface area (Å²) >= 11 is 3.46. The summed E-state index contributed by atoms with van der Waals surface area (Å²) in [4.78, 5) is 14.0. The van der Waals surface area contributed by atoms with Gasteiger partial charge in [-0.3, -0.25) is 4.79 Å². The second-order valence-electron chi connectivity index (χ2n) is 4.88. The second kappa shape index (κ2) is 4.43. The van der Waals surface area contributed by atoms with Crippen LogP contribution < -0.4 is 0 Å². The number of benzene rings is 1. The fraction of sp³-hybridized carbons (Fsp3) is 0.357. The SMILES string of the molecule is CN(C(=O)Cn1ccc2cc(Br)ccc21)C1CC1. The number of amides is 1. The number of fused-ring (bicyclic) bond motifs is 1. The first-order valence-electron chi connectivity index (χ1n) is 6.15. The molecule has 0 N–H and O–H groups in total. The van der Waals surface area contributed by atoms with E-state index in [4.69, 9.17) is 0 Å². The minimum Gasteiger partial charge on any atom is -0.341 e. The number of aromatic nitrogens is 1. The first kappa shape index (κ1) is 11.8. The van der Waals surface area contributed by atoms with Crippen LogP contribution in [0.2, 0.25) is 0 Å². The standard InChI is InChI=1S/C14H15BrN2O/c1-16(12-3-4-12)14(18)9-17-7-6-10-8-11(15)2-5-13(10)17/h2,5-8,12H,3-4,9H2,1H3. The van der Waals surface area contributed by atoms with Gasteiger partial charge in [-0.15, -0.1) is 0 Å². The van der Waals surface area contributed by atoms with Crippen LogP contribution in [0.5, 0.6) is 0 Å². The van der Waals surface area contributed by atoms with Gasteiger partial charge in [-0.2, -0.15) is 0 Å². The van der Waals surface area contributed by atoms with Crippen LogP contribution in [0, 0.1) is 0 Å². The van der Waals surface area contributed by atoms with E-state index in [1.165, 1.54) is 0 Å². The van der Waals surface area contributed by atoms with E-state index in [0.29, 0.717) is 12.6 Å². The van der Waals surface area contributed by atoms with Crippen molar-refractivity contribution in [3.63, 3.8) is 0 Å². The molecule has 1 aromatic carbocycles. The van der Waals surface area contributed by atoms with Crippen molar-refractivity contribution in [2.24, 2.45) is 0 Å². The molecule has 0 radical (unpaired) electrons. The van der Waals surface area contributed by atoms with Gasteiger partial charge in [0.15, 0.2) is 0 Å². The number of halogens is 1. The Hall–Kier alpha value is -1.29. The van der Waals surface area contributed by atoms with Crippen LogP contribution in [0.1, 0.15) is 12.8 Å². The Bertz CT molecular complexity index is 601. The molecule has 0 atom stereocenters. The normalized spacial score (nSPS) is 15.0. The average molecular weight is 307 g/mol. The Labute approximate surface area is 115 Å². The van der Waals surface area contributed by atoms with E-state index < -0.39 is 0 Å². The number of nitrogens with zero attached hydrogens (tertiary/aromatic N) is 2. The molecule has 1 heterocycles. The lowest BCUT2D eigenvalue weighted by Gasteiger charge is -2.17. The quantitative estimate of drug-likeness (QED) is 0.855. The number of carbonyl (C=O) groups excluding carboxylic acids is 1. The van der Waals surface area contributed by atoms with Crippen LogP contribution in [0.15, 0.2) is 34.9 Å². The van der Waals surface area contributed by atoms with Gasteiger partial charge in [0.1, 0.15) is 6.54 Å². The molecule has 1 fully saturated rings. The molecule has 0 bridgehead atoms. The van der Waals surface area contributed by atoms with E-state index in [-0.39, 0.29) is 5.91 Å². The largest absolute Gasteiger partial charge is 0.341 e. The highest BCUT2D eigenvalue weighted by atomic mass is 79.9. The van der Waals surface area contributed by atoms with E-state index in [9.17, 15) is 4.79 Å². The van der Waals surface area contributed by atoms with Gasteiger partial charge in [-0.1, -0.05) is 15.9 Å². The number of hydrogen-bond donors (Lipinski definition) is 0. The van der Waals surface area contributed by atoms with Crippen LogP contribution in [0.3, 0.4) is 0 Å². The molecule has 2 aromatic rings. The van der Waals surface area contributed by atoms with Crippen molar-refractivity contribution < 1.29 is 4.79 Å². The highest BCUT2D eigenvalue weighted by molar-refractivity contribution is 9.10. The van der Waals surface area contributed by atoms with E-state index in [1.807, 2.05) is 40.9 Å². The van der Waals surface area contributed by atoms with Gasteiger partial charge in [0.25, 0.3) is 0 Å². The molecule has 4 heteroatoms. The van der Waals surface area contributed by atoms with Crippen molar-refractivity contribution in [1.29, 1.82) is 0 Å². The summed E-state index contributed by atoms with van der Waals surface area (Å²) < 4.78 is 3.08. The smallest absolute Gasteiger partial charge is 0.242 e. The van der Waals surface area contributed by atoms with Crippen molar-refractivity contribution >= 4 is 32.7 Å². The van der Waals surface area contributed by atoms with E-state index in [0.717, 1.165) is 28.2 Å². The zero-order valence-electron chi connectivity index (χ0n) is 10.3. The highest BCUT2D eigenvalue weighted by Gasteiger charge is 2.29. The third kappa shape index (κ3) is 2.17. The Morgan fingerprint density at radius 3 is 2.94 bits per heavy atom. The molecule has 1 amide bonds. The number of likely N-dealkylation sites (N-methyl/N-ethyl adjacent to an activating group) is 1. The summed E-state index contributed by atoms with van der Waals surface area (Å²) in [7, 11) is 1.91. The van der Waals surface area contributed by atoms with Crippen LogP contribution in [0.25, 0.3) is 10.9 Å². The predicted molar refractivity (Wildman–Crippen MR) is 75.4 cm³/mol. The second-order valence-corrected chi connectivity index (χ2v) is 5.80. The van der Waals surface area contributed by atoms with Crippen molar-refractivity contribution in [2.45, 2.75) is 25.4 Å². The minimum atomic E-state index is 0.193. The summed E-state index contributed by atoms with van der Waals surface area (Å²) in [5.41, 5.74) is 1.11. The molecule has 18 heavy (non-hydrogen) atoms. The average Bonchev–Trinajstić information content (AvgIpc) is 3.12. The molecule has 0 spiro atoms. The molecule has 1 aromatic heterocycles. The molecule has 0 saturated heterocycles. The summed E-state index contributed by atoms with van der Waals surface area (Å²) in [6.07, 6.45) is 4.29. The van der Waals surface area contributed by atoms with Crippen molar-refractivity contribution in [3.8, 4) is 0 Å². The fourth-order valence-electron chi connectivity index (χ4n) is 2.23. The van der Waals surface area contributed by atoms with Gasteiger partial charge >= 0.3 is 0 Å². The first-order chi connectivity index (χ1) is 8.65. The van der Waals surface area contributed by atoms with E-state index >= 15 is 0 Å². The van der Waals surface area contributed by atoms with Crippen LogP contribution in [0.4, 0.5) is 0 Å². The predicted octanol–water partition coefficient (Wildman–Crippen LogP) is 3.02. The molecule has 3 rings (SSSR count). The molecule has 3 nitrogen and oxygen atoms in total. The lowest BCUT2D eigenvalue weighted by Crippen LogP contribution is -2.31. The van der Waals surface area contributed by atoms with Gasteiger partial charge < -0.3 is 9.47 Å². The Kier molecular flexibility index (Phi) is 2.90. The van der Waals surface area contributed by atoms with Crippen LogP contribution in [-0.4, -0.2) is 28.5 Å². The van der Waals surface area contributed by atoms with Gasteiger partial charge in [0, 0.05) is 34.7 Å². The first-order valence-corrected chi connectivity index (χ1v) is 6.94. The molecule has 1 saturated carbocycles. The summed E-state index contributed by atoms with van der Waals surface area (Å²) in [5, 5.41) is 1.16. The highest BCUT2D eigenvalue weighted by Crippen LogP contribution is 2.26. The molecule has 94 valence electrons. The van der Waals surface area contributed by atoms with Crippen molar-refractivity contribution in [3.05, 3.63) is 34.9 Å². The number of carbonyl (C=O) groups is 1. The third-order valence-electron chi connectivity index (χ3n) is 3.53. The van der Waals surface area contributed by atoms with Gasteiger partial charge in [-0.05, 0) is 37.1 Å². The summed E-state index contributed by atoms with van der Waals surface area (Å²) in [5.74, 6) is 0.193. The molecule has 1 aliphatic carbocycles. The van der Waals surface area contributed by atoms with Crippen molar-refractivity contribution in [1.82, 2.24) is 9.47 Å². The topological polar surface area (TPSA) is 25.2 Å². The van der Waals surface area contributed by atoms with Gasteiger partial charge in [0.2, 0.25) is 5.91 Å². The van der Waals surface area contributed by atoms with E-state index in [2.05, 4.69) is 22.0 Å². The Balaban J connectivity index is 1.84. The van der Waals surface area contributed by atoms with Gasteiger partial charge in [0.05, 0.1) is 0 Å². The molecular formula is C14H15BrN2O. The minimum absolute atomic E-state index is 0.193. The van der Waals surface area contributed by atoms with Crippen LogP contribution in [-0.2, 0) is 11.3 Å². The lowest BCUT2D eigenvalue weighted by molar-refractivity contribution is -0.130. The Morgan fingerprint density at radius 2 is 2.22 bits per heavy atom. The zero-order chi connectivity index (χ0) is 12.7. The van der Waals surface area contributed by atoms with Crippen LogP contribution >= 0.6 is 15.9 Å². The molecule has 0 unspecified atom stereocenters. The maximum atomic E-state index is 12.1. The summed E-state index contributed by atoms with van der Waals surface area (Å²) in [6.45, 7) is 0.429. The zero-order valence-corrected chi connectivity index (χ0v) is 11.9. The molecular weight excluding hydrogens is 292 g/mol. The Morgan fingerprint density at radius 1 is 1.44 bits per heavy atom. The lowest BCUT2D eigenvalue weighted by atomic mass is 10.2. The van der Waals surface area contributed by atoms with E-state index in [1.54, 1.807) is 0 Å². The van der Waals surface area contributed by atoms with Gasteiger partial charge in [-0.25, -0.2) is 0 Å². The maximum absolute atomic E-state index is 12.1. The summed E-state index contributed by atoms with van der Waals surface area (Å²) in [6, 6.07) is 8.65. The molecule has 1 aliphatic rings. The maximum Gasteiger partial charge on any atom is 0.242 e.